The van der Waals surface area contributed by atoms with Crippen molar-refractivity contribution in [1.29, 1.82) is 0 Å². The molecule has 0 radical (unpaired) electrons. The van der Waals surface area contributed by atoms with Crippen molar-refractivity contribution in [2.45, 2.75) is 51.2 Å². The van der Waals surface area contributed by atoms with Gasteiger partial charge in [-0.2, -0.15) is 18.3 Å². The van der Waals surface area contributed by atoms with Crippen LogP contribution in [-0.4, -0.2) is 52.8 Å². The second kappa shape index (κ2) is 9.21. The van der Waals surface area contributed by atoms with Gasteiger partial charge in [0.05, 0.1) is 19.9 Å². The zero-order valence-electron chi connectivity index (χ0n) is 19.3. The molecule has 0 saturated carbocycles. The first-order valence-electron chi connectivity index (χ1n) is 11.1. The SMILES string of the molecule is CCc1cc(C(F)(F)F)n2nc([C@@H]3CCN([C@H](C)Cc4ccc(OC)c(OC)c4)C3)cc2n1. The van der Waals surface area contributed by atoms with Crippen molar-refractivity contribution in [3.63, 3.8) is 0 Å². The van der Waals surface area contributed by atoms with Crippen molar-refractivity contribution in [1.82, 2.24) is 19.5 Å². The number of aryl methyl sites for hydroxylation is 1. The molecule has 0 unspecified atom stereocenters. The van der Waals surface area contributed by atoms with Gasteiger partial charge in [0.15, 0.2) is 17.1 Å². The van der Waals surface area contributed by atoms with Gasteiger partial charge in [0.1, 0.15) is 5.69 Å². The number of nitrogens with zero attached hydrogens (tertiary/aromatic N) is 4. The normalized spacial score (nSPS) is 18.1. The van der Waals surface area contributed by atoms with Crippen LogP contribution in [0.15, 0.2) is 30.3 Å². The molecule has 0 bridgehead atoms. The van der Waals surface area contributed by atoms with Crippen LogP contribution in [0.5, 0.6) is 11.5 Å². The average Bonchev–Trinajstić information content (AvgIpc) is 3.44. The highest BCUT2D eigenvalue weighted by Crippen LogP contribution is 2.34. The fraction of sp³-hybridized carbons (Fsp3) is 0.500. The van der Waals surface area contributed by atoms with E-state index in [1.807, 2.05) is 18.2 Å². The summed E-state index contributed by atoms with van der Waals surface area (Å²) in [6, 6.07) is 8.99. The minimum absolute atomic E-state index is 0.0747. The first-order chi connectivity index (χ1) is 15.7. The van der Waals surface area contributed by atoms with E-state index in [-0.39, 0.29) is 17.6 Å². The summed E-state index contributed by atoms with van der Waals surface area (Å²) in [6.07, 6.45) is -2.37. The summed E-state index contributed by atoms with van der Waals surface area (Å²) in [4.78, 5) is 6.73. The summed E-state index contributed by atoms with van der Waals surface area (Å²) >= 11 is 0. The fourth-order valence-electron chi connectivity index (χ4n) is 4.53. The number of fused-ring (bicyclic) bond motifs is 1. The second-order valence-corrected chi connectivity index (χ2v) is 8.55. The van der Waals surface area contributed by atoms with Crippen molar-refractivity contribution < 1.29 is 22.6 Å². The molecule has 4 rings (SSSR count). The van der Waals surface area contributed by atoms with Gasteiger partial charge in [-0.1, -0.05) is 13.0 Å². The van der Waals surface area contributed by atoms with Gasteiger partial charge in [0.2, 0.25) is 0 Å². The zero-order valence-corrected chi connectivity index (χ0v) is 19.3. The van der Waals surface area contributed by atoms with Gasteiger partial charge in [-0.15, -0.1) is 0 Å². The standard InChI is InChI=1S/C24H29F3N4O2/c1-5-18-12-22(24(25,26)27)31-23(28-18)13-19(29-31)17-8-9-30(14-17)15(2)10-16-6-7-20(32-3)21(11-16)33-4/h6-7,11-13,15,17H,5,8-10,14H2,1-4H3/t15-,17-/m1/s1. The van der Waals surface area contributed by atoms with Crippen LogP contribution >= 0.6 is 0 Å². The lowest BCUT2D eigenvalue weighted by Gasteiger charge is -2.24. The first-order valence-corrected chi connectivity index (χ1v) is 11.1. The van der Waals surface area contributed by atoms with Crippen LogP contribution in [0.3, 0.4) is 0 Å². The van der Waals surface area contributed by atoms with Gasteiger partial charge in [-0.3, -0.25) is 4.90 Å². The maximum absolute atomic E-state index is 13.6. The number of benzene rings is 1. The van der Waals surface area contributed by atoms with E-state index in [1.165, 1.54) is 0 Å². The third-order valence-corrected chi connectivity index (χ3v) is 6.39. The Bertz CT molecular complexity index is 1130. The number of halogens is 3. The molecule has 2 aromatic heterocycles. The number of alkyl halides is 3. The van der Waals surface area contributed by atoms with Gasteiger partial charge >= 0.3 is 6.18 Å². The summed E-state index contributed by atoms with van der Waals surface area (Å²) < 4.78 is 52.4. The maximum Gasteiger partial charge on any atom is 0.433 e. The molecule has 6 nitrogen and oxygen atoms in total. The number of likely N-dealkylation sites (tertiary alicyclic amines) is 1. The Balaban J connectivity index is 1.50. The van der Waals surface area contributed by atoms with Crippen molar-refractivity contribution in [2.24, 2.45) is 0 Å². The fourth-order valence-corrected chi connectivity index (χ4v) is 4.53. The van der Waals surface area contributed by atoms with Crippen molar-refractivity contribution in [3.8, 4) is 11.5 Å². The molecule has 1 fully saturated rings. The quantitative estimate of drug-likeness (QED) is 0.507. The van der Waals surface area contributed by atoms with Crippen LogP contribution in [0, 0.1) is 0 Å². The molecule has 1 aliphatic rings. The molecule has 3 heterocycles. The summed E-state index contributed by atoms with van der Waals surface area (Å²) in [5.74, 6) is 1.47. The van der Waals surface area contributed by atoms with Crippen LogP contribution in [0.2, 0.25) is 0 Å². The largest absolute Gasteiger partial charge is 0.493 e. The predicted molar refractivity (Wildman–Crippen MR) is 119 cm³/mol. The van der Waals surface area contributed by atoms with Gasteiger partial charge in [0, 0.05) is 30.3 Å². The van der Waals surface area contributed by atoms with E-state index >= 15 is 0 Å². The Kier molecular flexibility index (Phi) is 6.52. The van der Waals surface area contributed by atoms with E-state index in [4.69, 9.17) is 9.47 Å². The number of hydrogen-bond donors (Lipinski definition) is 0. The van der Waals surface area contributed by atoms with E-state index in [0.717, 1.165) is 42.1 Å². The molecular weight excluding hydrogens is 433 g/mol. The van der Waals surface area contributed by atoms with Crippen LogP contribution < -0.4 is 9.47 Å². The highest BCUT2D eigenvalue weighted by molar-refractivity contribution is 5.44. The van der Waals surface area contributed by atoms with Crippen LogP contribution in [0.25, 0.3) is 5.65 Å². The van der Waals surface area contributed by atoms with Gasteiger partial charge < -0.3 is 9.47 Å². The molecule has 1 aromatic carbocycles. The highest BCUT2D eigenvalue weighted by atomic mass is 19.4. The van der Waals surface area contributed by atoms with Crippen molar-refractivity contribution in [3.05, 3.63) is 53.0 Å². The van der Waals surface area contributed by atoms with E-state index in [0.29, 0.717) is 29.3 Å². The molecule has 0 aliphatic carbocycles. The van der Waals surface area contributed by atoms with Crippen molar-refractivity contribution in [2.75, 3.05) is 27.3 Å². The lowest BCUT2D eigenvalue weighted by atomic mass is 10.0. The zero-order chi connectivity index (χ0) is 23.8. The lowest BCUT2D eigenvalue weighted by molar-refractivity contribution is -0.142. The summed E-state index contributed by atoms with van der Waals surface area (Å²) in [6.45, 7) is 5.58. The minimum atomic E-state index is -4.48. The molecule has 0 N–H and O–H groups in total. The van der Waals surface area contributed by atoms with Gasteiger partial charge in [0.25, 0.3) is 0 Å². The van der Waals surface area contributed by atoms with E-state index in [2.05, 4.69) is 21.9 Å². The average molecular weight is 463 g/mol. The van der Waals surface area contributed by atoms with E-state index < -0.39 is 11.9 Å². The molecular formula is C24H29F3N4O2. The molecule has 2 atom stereocenters. The van der Waals surface area contributed by atoms with Crippen LogP contribution in [-0.2, 0) is 19.0 Å². The lowest BCUT2D eigenvalue weighted by Crippen LogP contribution is -2.32. The predicted octanol–water partition coefficient (Wildman–Crippen LogP) is 4.75. The molecule has 0 amide bonds. The smallest absolute Gasteiger partial charge is 0.433 e. The maximum atomic E-state index is 13.6. The third kappa shape index (κ3) is 4.78. The summed E-state index contributed by atoms with van der Waals surface area (Å²) in [5, 5.41) is 4.33. The molecule has 9 heteroatoms. The molecule has 1 saturated heterocycles. The third-order valence-electron chi connectivity index (χ3n) is 6.39. The van der Waals surface area contributed by atoms with Crippen molar-refractivity contribution >= 4 is 5.65 Å². The topological polar surface area (TPSA) is 51.9 Å². The summed E-state index contributed by atoms with van der Waals surface area (Å²) in [5.41, 5.74) is 1.71. The number of ether oxygens (including phenoxy) is 2. The molecule has 178 valence electrons. The minimum Gasteiger partial charge on any atom is -0.493 e. The van der Waals surface area contributed by atoms with Gasteiger partial charge in [-0.05, 0) is 56.5 Å². The number of aromatic nitrogens is 3. The molecule has 1 aliphatic heterocycles. The second-order valence-electron chi connectivity index (χ2n) is 8.55. The van der Waals surface area contributed by atoms with E-state index in [9.17, 15) is 13.2 Å². The summed E-state index contributed by atoms with van der Waals surface area (Å²) in [7, 11) is 3.23. The molecule has 33 heavy (non-hydrogen) atoms. The Labute approximate surface area is 191 Å². The Morgan fingerprint density at radius 1 is 1.12 bits per heavy atom. The first kappa shape index (κ1) is 23.4. The number of methoxy groups -OCH3 is 2. The Morgan fingerprint density at radius 3 is 2.55 bits per heavy atom. The van der Waals surface area contributed by atoms with Crippen LogP contribution in [0.4, 0.5) is 13.2 Å². The molecule has 3 aromatic rings. The Morgan fingerprint density at radius 2 is 1.88 bits per heavy atom. The monoisotopic (exact) mass is 462 g/mol. The highest BCUT2D eigenvalue weighted by Gasteiger charge is 2.36. The van der Waals surface area contributed by atoms with E-state index in [1.54, 1.807) is 27.2 Å². The van der Waals surface area contributed by atoms with Gasteiger partial charge in [-0.25, -0.2) is 9.50 Å². The van der Waals surface area contributed by atoms with Crippen LogP contribution in [0.1, 0.15) is 48.8 Å². The molecule has 0 spiro atoms. The number of rotatable bonds is 7. The number of hydrogen-bond acceptors (Lipinski definition) is 5. The Hall–Kier alpha value is -2.81.